The molecule has 0 radical (unpaired) electrons. The van der Waals surface area contributed by atoms with Gasteiger partial charge in [-0.3, -0.25) is 0 Å². The van der Waals surface area contributed by atoms with Gasteiger partial charge in [-0.1, -0.05) is 6.07 Å². The predicted molar refractivity (Wildman–Crippen MR) is 76.3 cm³/mol. The number of nitrogens with zero attached hydrogens (tertiary/aromatic N) is 1. The van der Waals surface area contributed by atoms with Gasteiger partial charge in [-0.15, -0.1) is 0 Å². The third-order valence-electron chi connectivity index (χ3n) is 2.95. The van der Waals surface area contributed by atoms with Crippen LogP contribution in [0, 0.1) is 0 Å². The van der Waals surface area contributed by atoms with Crippen molar-refractivity contribution >= 4 is 21.7 Å². The van der Waals surface area contributed by atoms with Crippen molar-refractivity contribution in [2.24, 2.45) is 0 Å². The van der Waals surface area contributed by atoms with Crippen molar-refractivity contribution < 1.29 is 13.2 Å². The minimum absolute atomic E-state index is 0.0343. The molecule has 1 aliphatic heterocycles. The van der Waals surface area contributed by atoms with Crippen molar-refractivity contribution in [2.45, 2.75) is 12.5 Å². The van der Waals surface area contributed by atoms with E-state index in [0.29, 0.717) is 19.5 Å². The first-order chi connectivity index (χ1) is 9.55. The lowest BCUT2D eigenvalue weighted by atomic mass is 10.3. The minimum atomic E-state index is -2.97. The van der Waals surface area contributed by atoms with E-state index in [1.54, 1.807) is 6.20 Å². The number of carbonyl (C=O) groups excluding carboxylic acids is 1. The first kappa shape index (κ1) is 14.6. The highest BCUT2D eigenvalue weighted by atomic mass is 32.2. The molecule has 1 atom stereocenters. The van der Waals surface area contributed by atoms with Gasteiger partial charge in [0.05, 0.1) is 11.5 Å². The normalized spacial score (nSPS) is 20.3. The van der Waals surface area contributed by atoms with Crippen LogP contribution < -0.4 is 16.0 Å². The first-order valence-corrected chi connectivity index (χ1v) is 8.27. The summed E-state index contributed by atoms with van der Waals surface area (Å²) in [6.45, 7) is 0.981. The molecule has 0 saturated carbocycles. The lowest BCUT2D eigenvalue weighted by Gasteiger charge is -2.12. The molecular formula is C12H18N4O3S. The molecule has 1 aromatic heterocycles. The van der Waals surface area contributed by atoms with Crippen molar-refractivity contribution in [2.75, 3.05) is 29.9 Å². The molecule has 7 nitrogen and oxygen atoms in total. The van der Waals surface area contributed by atoms with Gasteiger partial charge >= 0.3 is 6.03 Å². The molecule has 8 heteroatoms. The summed E-state index contributed by atoms with van der Waals surface area (Å²) in [5.74, 6) is 0.933. The van der Waals surface area contributed by atoms with Crippen molar-refractivity contribution in [3.8, 4) is 0 Å². The van der Waals surface area contributed by atoms with Crippen molar-refractivity contribution in [3.05, 3.63) is 24.4 Å². The number of amides is 2. The number of hydrogen-bond donors (Lipinski definition) is 3. The summed E-state index contributed by atoms with van der Waals surface area (Å²) < 4.78 is 22.5. The maximum Gasteiger partial charge on any atom is 0.315 e. The van der Waals surface area contributed by atoms with Gasteiger partial charge in [0.25, 0.3) is 0 Å². The highest BCUT2D eigenvalue weighted by Crippen LogP contribution is 2.10. The van der Waals surface area contributed by atoms with E-state index in [0.717, 1.165) is 5.82 Å². The maximum atomic E-state index is 11.6. The van der Waals surface area contributed by atoms with E-state index < -0.39 is 9.84 Å². The van der Waals surface area contributed by atoms with E-state index in [2.05, 4.69) is 20.9 Å². The van der Waals surface area contributed by atoms with Gasteiger partial charge in [0.1, 0.15) is 5.82 Å². The van der Waals surface area contributed by atoms with Crippen LogP contribution in [0.25, 0.3) is 0 Å². The van der Waals surface area contributed by atoms with Gasteiger partial charge in [0, 0.05) is 25.3 Å². The second-order valence-electron chi connectivity index (χ2n) is 4.64. The highest BCUT2D eigenvalue weighted by Gasteiger charge is 2.28. The second-order valence-corrected chi connectivity index (χ2v) is 6.87. The molecule has 2 rings (SSSR count). The second kappa shape index (κ2) is 6.56. The van der Waals surface area contributed by atoms with Gasteiger partial charge in [0.2, 0.25) is 0 Å². The molecule has 110 valence electrons. The largest absolute Gasteiger partial charge is 0.368 e. The fraction of sp³-hybridized carbons (Fsp3) is 0.500. The monoisotopic (exact) mass is 298 g/mol. The van der Waals surface area contributed by atoms with Crippen LogP contribution in [-0.2, 0) is 9.84 Å². The number of carbonyl (C=O) groups is 1. The zero-order valence-electron chi connectivity index (χ0n) is 11.0. The van der Waals surface area contributed by atoms with Gasteiger partial charge < -0.3 is 16.0 Å². The maximum absolute atomic E-state index is 11.6. The van der Waals surface area contributed by atoms with Crippen molar-refractivity contribution in [3.63, 3.8) is 0 Å². The lowest BCUT2D eigenvalue weighted by Crippen LogP contribution is -2.44. The fourth-order valence-corrected chi connectivity index (χ4v) is 3.65. The average molecular weight is 298 g/mol. The van der Waals surface area contributed by atoms with E-state index in [-0.39, 0.29) is 23.6 Å². The zero-order valence-corrected chi connectivity index (χ0v) is 11.8. The van der Waals surface area contributed by atoms with E-state index in [4.69, 9.17) is 0 Å². The van der Waals surface area contributed by atoms with E-state index >= 15 is 0 Å². The third-order valence-corrected chi connectivity index (χ3v) is 4.72. The molecule has 0 bridgehead atoms. The molecule has 1 saturated heterocycles. The Balaban J connectivity index is 1.61. The molecule has 0 unspecified atom stereocenters. The summed E-state index contributed by atoms with van der Waals surface area (Å²) >= 11 is 0. The topological polar surface area (TPSA) is 100 Å². The molecule has 1 aromatic rings. The van der Waals surface area contributed by atoms with E-state index in [9.17, 15) is 13.2 Å². The number of nitrogens with one attached hydrogen (secondary N) is 3. The summed E-state index contributed by atoms with van der Waals surface area (Å²) in [6.07, 6.45) is 2.17. The molecule has 1 fully saturated rings. The Morgan fingerprint density at radius 3 is 2.85 bits per heavy atom. The van der Waals surface area contributed by atoms with Gasteiger partial charge in [-0.25, -0.2) is 18.2 Å². The Kier molecular flexibility index (Phi) is 4.78. The number of pyridine rings is 1. The number of urea groups is 1. The Morgan fingerprint density at radius 2 is 2.20 bits per heavy atom. The summed E-state index contributed by atoms with van der Waals surface area (Å²) in [5, 5.41) is 8.39. The van der Waals surface area contributed by atoms with Crippen LogP contribution >= 0.6 is 0 Å². The zero-order chi connectivity index (χ0) is 14.4. The number of aromatic nitrogens is 1. The van der Waals surface area contributed by atoms with Crippen LogP contribution in [-0.4, -0.2) is 50.1 Å². The molecule has 0 spiro atoms. The summed E-state index contributed by atoms with van der Waals surface area (Å²) in [5.41, 5.74) is 0. The Labute approximate surface area is 118 Å². The lowest BCUT2D eigenvalue weighted by molar-refractivity contribution is 0.238. The summed E-state index contributed by atoms with van der Waals surface area (Å²) in [4.78, 5) is 15.6. The molecule has 3 N–H and O–H groups in total. The summed E-state index contributed by atoms with van der Waals surface area (Å²) in [7, 11) is -2.97. The van der Waals surface area contributed by atoms with Crippen LogP contribution in [0.4, 0.5) is 10.6 Å². The standard InChI is InChI=1S/C12H18N4O3S/c17-12(16-10-4-8-20(18,19)9-10)15-7-6-14-11-3-1-2-5-13-11/h1-3,5,10H,4,6-9H2,(H,13,14)(H2,15,16,17)/t10-/m1/s1. The molecule has 20 heavy (non-hydrogen) atoms. The molecular weight excluding hydrogens is 280 g/mol. The van der Waals surface area contributed by atoms with Gasteiger partial charge in [-0.05, 0) is 18.6 Å². The molecule has 2 amide bonds. The minimum Gasteiger partial charge on any atom is -0.368 e. The number of anilines is 1. The first-order valence-electron chi connectivity index (χ1n) is 6.45. The van der Waals surface area contributed by atoms with E-state index in [1.807, 2.05) is 18.2 Å². The van der Waals surface area contributed by atoms with Crippen LogP contribution in [0.5, 0.6) is 0 Å². The Morgan fingerprint density at radius 1 is 1.35 bits per heavy atom. The smallest absolute Gasteiger partial charge is 0.315 e. The predicted octanol–water partition coefficient (Wildman–Crippen LogP) is -0.0202. The van der Waals surface area contributed by atoms with Gasteiger partial charge in [0.15, 0.2) is 9.84 Å². The van der Waals surface area contributed by atoms with E-state index in [1.165, 1.54) is 0 Å². The molecule has 0 aromatic carbocycles. The highest BCUT2D eigenvalue weighted by molar-refractivity contribution is 7.91. The Bertz CT molecular complexity index is 547. The van der Waals surface area contributed by atoms with Crippen LogP contribution in [0.1, 0.15) is 6.42 Å². The van der Waals surface area contributed by atoms with Gasteiger partial charge in [-0.2, -0.15) is 0 Å². The van der Waals surface area contributed by atoms with Crippen LogP contribution in [0.2, 0.25) is 0 Å². The third kappa shape index (κ3) is 4.69. The average Bonchev–Trinajstić information content (AvgIpc) is 2.75. The molecule has 2 heterocycles. The van der Waals surface area contributed by atoms with Crippen molar-refractivity contribution in [1.82, 2.24) is 15.6 Å². The number of sulfone groups is 1. The molecule has 1 aliphatic rings. The fourth-order valence-electron chi connectivity index (χ4n) is 1.98. The Hall–Kier alpha value is -1.83. The van der Waals surface area contributed by atoms with Crippen LogP contribution in [0.3, 0.4) is 0 Å². The van der Waals surface area contributed by atoms with Crippen molar-refractivity contribution in [1.29, 1.82) is 0 Å². The number of hydrogen-bond acceptors (Lipinski definition) is 5. The van der Waals surface area contributed by atoms with Crippen LogP contribution in [0.15, 0.2) is 24.4 Å². The SMILES string of the molecule is O=C(NCCNc1ccccn1)N[C@@H]1CCS(=O)(=O)C1. The molecule has 0 aliphatic carbocycles. The quantitative estimate of drug-likeness (QED) is 0.663. The number of rotatable bonds is 5. The summed E-state index contributed by atoms with van der Waals surface area (Å²) in [6, 6.07) is 4.92.